The summed E-state index contributed by atoms with van der Waals surface area (Å²) in [4.78, 5) is 12.3. The maximum Gasteiger partial charge on any atom is 0.335 e. The van der Waals surface area contributed by atoms with Crippen LogP contribution in [0.15, 0.2) is 66.2 Å². The van der Waals surface area contributed by atoms with E-state index in [4.69, 9.17) is 9.47 Å². The number of esters is 1. The van der Waals surface area contributed by atoms with Crippen molar-refractivity contribution in [3.05, 3.63) is 82.9 Å². The fraction of sp³-hybridized carbons (Fsp3) is 0.375. The number of carbonyl (C=O) groups excluding carboxylic acids is 1. The molecule has 1 atom stereocenters. The second-order valence-electron chi connectivity index (χ2n) is 8.28. The van der Waals surface area contributed by atoms with Crippen LogP contribution in [-0.2, 0) is 31.9 Å². The van der Waals surface area contributed by atoms with Crippen molar-refractivity contribution in [2.45, 2.75) is 51.7 Å². The van der Waals surface area contributed by atoms with Crippen LogP contribution in [0, 0.1) is 0 Å². The lowest BCUT2D eigenvalue weighted by Crippen LogP contribution is -2.21. The van der Waals surface area contributed by atoms with Gasteiger partial charge >= 0.3 is 5.97 Å². The average Bonchev–Trinajstić information content (AvgIpc) is 2.94. The van der Waals surface area contributed by atoms with E-state index in [1.807, 2.05) is 43.3 Å². The third kappa shape index (κ3) is 4.67. The van der Waals surface area contributed by atoms with Gasteiger partial charge in [0.05, 0.1) is 13.2 Å². The Bertz CT molecular complexity index is 813. The Morgan fingerprint density at radius 3 is 2.30 bits per heavy atom. The minimum atomic E-state index is -0.706. The third-order valence-electron chi connectivity index (χ3n) is 4.97. The van der Waals surface area contributed by atoms with Crippen LogP contribution < -0.4 is 0 Å². The predicted molar refractivity (Wildman–Crippen MR) is 107 cm³/mol. The van der Waals surface area contributed by atoms with E-state index in [-0.39, 0.29) is 11.4 Å². The zero-order valence-corrected chi connectivity index (χ0v) is 16.6. The standard InChI is InChI=1S/C24H28O3/c1-23(2,3)20-10-12-21(13-11-20)24(4)16-19(22(25)27-24)14-15-26-17-18-8-6-5-7-9-18/h5-13,16H,14-15,17H2,1-4H3/t24-/m0/s1. The Kier molecular flexibility index (Phi) is 5.52. The summed E-state index contributed by atoms with van der Waals surface area (Å²) in [6.45, 7) is 9.55. The van der Waals surface area contributed by atoms with E-state index in [0.717, 1.165) is 11.1 Å². The van der Waals surface area contributed by atoms with Gasteiger partial charge in [-0.25, -0.2) is 4.79 Å². The van der Waals surface area contributed by atoms with E-state index in [1.54, 1.807) is 0 Å². The van der Waals surface area contributed by atoms with Crippen LogP contribution >= 0.6 is 0 Å². The van der Waals surface area contributed by atoms with Crippen LogP contribution in [0.3, 0.4) is 0 Å². The molecule has 3 rings (SSSR count). The summed E-state index contributed by atoms with van der Waals surface area (Å²) in [5, 5.41) is 0. The van der Waals surface area contributed by atoms with Crippen molar-refractivity contribution in [3.63, 3.8) is 0 Å². The molecule has 27 heavy (non-hydrogen) atoms. The number of rotatable bonds is 6. The first-order valence-electron chi connectivity index (χ1n) is 9.46. The van der Waals surface area contributed by atoms with Crippen molar-refractivity contribution in [2.24, 2.45) is 0 Å². The maximum absolute atomic E-state index is 12.3. The van der Waals surface area contributed by atoms with Gasteiger partial charge in [0.15, 0.2) is 5.60 Å². The van der Waals surface area contributed by atoms with E-state index in [0.29, 0.717) is 25.2 Å². The van der Waals surface area contributed by atoms with Crippen molar-refractivity contribution >= 4 is 5.97 Å². The third-order valence-corrected chi connectivity index (χ3v) is 4.97. The first kappa shape index (κ1) is 19.4. The molecule has 0 unspecified atom stereocenters. The summed E-state index contributed by atoms with van der Waals surface area (Å²) in [6.07, 6.45) is 2.49. The Labute approximate surface area is 162 Å². The number of hydrogen-bond acceptors (Lipinski definition) is 3. The largest absolute Gasteiger partial charge is 0.447 e. The summed E-state index contributed by atoms with van der Waals surface area (Å²) >= 11 is 0. The second-order valence-corrected chi connectivity index (χ2v) is 8.28. The van der Waals surface area contributed by atoms with E-state index in [2.05, 4.69) is 45.0 Å². The SMILES string of the molecule is CC(C)(C)c1ccc([C@]2(C)C=C(CCOCc3ccccc3)C(=O)O2)cc1. The number of cyclic esters (lactones) is 1. The molecule has 0 amide bonds. The van der Waals surface area contributed by atoms with Crippen LogP contribution in [0.2, 0.25) is 0 Å². The smallest absolute Gasteiger partial charge is 0.335 e. The molecule has 1 aliphatic rings. The molecule has 0 N–H and O–H groups in total. The zero-order valence-electron chi connectivity index (χ0n) is 16.6. The molecule has 3 heteroatoms. The first-order valence-corrected chi connectivity index (χ1v) is 9.46. The molecular weight excluding hydrogens is 336 g/mol. The van der Waals surface area contributed by atoms with Gasteiger partial charge in [0.1, 0.15) is 0 Å². The maximum atomic E-state index is 12.3. The highest BCUT2D eigenvalue weighted by Gasteiger charge is 2.37. The van der Waals surface area contributed by atoms with Gasteiger partial charge < -0.3 is 9.47 Å². The highest BCUT2D eigenvalue weighted by molar-refractivity contribution is 5.91. The van der Waals surface area contributed by atoms with Gasteiger partial charge in [0.25, 0.3) is 0 Å². The molecule has 0 radical (unpaired) electrons. The van der Waals surface area contributed by atoms with E-state index < -0.39 is 5.60 Å². The molecule has 0 aliphatic carbocycles. The fourth-order valence-corrected chi connectivity index (χ4v) is 3.24. The fourth-order valence-electron chi connectivity index (χ4n) is 3.24. The van der Waals surface area contributed by atoms with E-state index >= 15 is 0 Å². The zero-order chi connectivity index (χ0) is 19.5. The molecule has 0 spiro atoms. The lowest BCUT2D eigenvalue weighted by atomic mass is 9.85. The molecule has 142 valence electrons. The van der Waals surface area contributed by atoms with Gasteiger partial charge in [-0.3, -0.25) is 0 Å². The molecule has 0 aromatic heterocycles. The molecule has 1 aliphatic heterocycles. The average molecular weight is 364 g/mol. The van der Waals surface area contributed by atoms with E-state index in [1.165, 1.54) is 5.56 Å². The molecule has 0 saturated carbocycles. The van der Waals surface area contributed by atoms with Gasteiger partial charge in [-0.1, -0.05) is 75.4 Å². The monoisotopic (exact) mass is 364 g/mol. The number of hydrogen-bond donors (Lipinski definition) is 0. The minimum Gasteiger partial charge on any atom is -0.447 e. The quantitative estimate of drug-likeness (QED) is 0.516. The molecular formula is C24H28O3. The Morgan fingerprint density at radius 2 is 1.67 bits per heavy atom. The molecule has 0 saturated heterocycles. The van der Waals surface area contributed by atoms with Crippen LogP contribution in [0.4, 0.5) is 0 Å². The van der Waals surface area contributed by atoms with Crippen molar-refractivity contribution in [1.29, 1.82) is 0 Å². The molecule has 2 aromatic rings. The molecule has 1 heterocycles. The summed E-state index contributed by atoms with van der Waals surface area (Å²) < 4.78 is 11.4. The van der Waals surface area contributed by atoms with Gasteiger partial charge in [0, 0.05) is 12.0 Å². The van der Waals surface area contributed by atoms with Crippen LogP contribution in [0.5, 0.6) is 0 Å². The predicted octanol–water partition coefficient (Wildman–Crippen LogP) is 5.29. The summed E-state index contributed by atoms with van der Waals surface area (Å²) in [7, 11) is 0. The normalized spacial score (nSPS) is 19.7. The van der Waals surface area contributed by atoms with Gasteiger partial charge in [-0.15, -0.1) is 0 Å². The van der Waals surface area contributed by atoms with Crippen molar-refractivity contribution < 1.29 is 14.3 Å². The Morgan fingerprint density at radius 1 is 1.00 bits per heavy atom. The number of ether oxygens (including phenoxy) is 2. The van der Waals surface area contributed by atoms with Crippen LogP contribution in [0.25, 0.3) is 0 Å². The van der Waals surface area contributed by atoms with Crippen molar-refractivity contribution in [1.82, 2.24) is 0 Å². The molecule has 3 nitrogen and oxygen atoms in total. The minimum absolute atomic E-state index is 0.100. The molecule has 0 bridgehead atoms. The summed E-state index contributed by atoms with van der Waals surface area (Å²) in [5.74, 6) is -0.249. The highest BCUT2D eigenvalue weighted by atomic mass is 16.6. The number of benzene rings is 2. The van der Waals surface area contributed by atoms with Gasteiger partial charge in [-0.2, -0.15) is 0 Å². The van der Waals surface area contributed by atoms with Crippen molar-refractivity contribution in [2.75, 3.05) is 6.61 Å². The van der Waals surface area contributed by atoms with E-state index in [9.17, 15) is 4.79 Å². The van der Waals surface area contributed by atoms with Gasteiger partial charge in [0.2, 0.25) is 0 Å². The van der Waals surface area contributed by atoms with Crippen LogP contribution in [0.1, 0.15) is 50.8 Å². The van der Waals surface area contributed by atoms with Gasteiger partial charge in [-0.05, 0) is 35.1 Å². The number of carbonyl (C=O) groups is 1. The lowest BCUT2D eigenvalue weighted by Gasteiger charge is -2.24. The Hall–Kier alpha value is -2.39. The summed E-state index contributed by atoms with van der Waals surface area (Å²) in [6, 6.07) is 18.4. The first-order chi connectivity index (χ1) is 12.8. The van der Waals surface area contributed by atoms with Crippen LogP contribution in [-0.4, -0.2) is 12.6 Å². The Balaban J connectivity index is 1.62. The summed E-state index contributed by atoms with van der Waals surface area (Å²) in [5.41, 5.74) is 3.46. The topological polar surface area (TPSA) is 35.5 Å². The molecule has 0 fully saturated rings. The lowest BCUT2D eigenvalue weighted by molar-refractivity contribution is -0.146. The van der Waals surface area contributed by atoms with Crippen molar-refractivity contribution in [3.8, 4) is 0 Å². The second kappa shape index (κ2) is 7.69. The molecule has 2 aromatic carbocycles. The highest BCUT2D eigenvalue weighted by Crippen LogP contribution is 2.36.